The largest absolute Gasteiger partial charge is 0.265 e. The van der Waals surface area contributed by atoms with Crippen LogP contribution < -0.4 is 0 Å². The van der Waals surface area contributed by atoms with Crippen LogP contribution in [-0.4, -0.2) is 9.97 Å². The number of aromatic nitrogens is 2. The maximum absolute atomic E-state index is 8.89. The molecule has 72 valence electrons. The van der Waals surface area contributed by atoms with Gasteiger partial charge in [-0.2, -0.15) is 5.26 Å². The van der Waals surface area contributed by atoms with Crippen molar-refractivity contribution in [3.63, 3.8) is 0 Å². The molecule has 0 radical (unpaired) electrons. The normalized spacial score (nSPS) is 9.53. The van der Waals surface area contributed by atoms with Gasteiger partial charge in [0.2, 0.25) is 0 Å². The molecule has 0 aromatic carbocycles. The molecule has 4 heteroatoms. The minimum Gasteiger partial charge on any atom is -0.265 e. The minimum atomic E-state index is 0.645. The van der Waals surface area contributed by atoms with E-state index < -0.39 is 0 Å². The molecule has 0 bridgehead atoms. The lowest BCUT2D eigenvalue weighted by molar-refractivity contribution is 1.20. The predicted molar refractivity (Wildman–Crippen MR) is 57.3 cm³/mol. The van der Waals surface area contributed by atoms with Gasteiger partial charge in [-0.1, -0.05) is 11.8 Å². The van der Waals surface area contributed by atoms with Crippen molar-refractivity contribution >= 4 is 11.8 Å². The SMILES string of the molecule is N#Cc1ccncc1Sc1ccncc1. The Hall–Kier alpha value is -1.86. The van der Waals surface area contributed by atoms with Crippen molar-refractivity contribution in [2.45, 2.75) is 9.79 Å². The summed E-state index contributed by atoms with van der Waals surface area (Å²) in [5.41, 5.74) is 0.645. The Balaban J connectivity index is 2.29. The maximum Gasteiger partial charge on any atom is 0.100 e. The van der Waals surface area contributed by atoms with Gasteiger partial charge in [0, 0.05) is 34.6 Å². The van der Waals surface area contributed by atoms with E-state index in [0.717, 1.165) is 9.79 Å². The van der Waals surface area contributed by atoms with Crippen molar-refractivity contribution in [2.75, 3.05) is 0 Å². The lowest BCUT2D eigenvalue weighted by Crippen LogP contribution is -1.82. The highest BCUT2D eigenvalue weighted by molar-refractivity contribution is 7.99. The second-order valence-electron chi connectivity index (χ2n) is 2.77. The van der Waals surface area contributed by atoms with Crippen molar-refractivity contribution in [2.24, 2.45) is 0 Å². The van der Waals surface area contributed by atoms with E-state index in [0.29, 0.717) is 5.56 Å². The molecule has 0 spiro atoms. The number of nitriles is 1. The third kappa shape index (κ3) is 2.33. The Kier molecular flexibility index (Phi) is 2.96. The Morgan fingerprint density at radius 2 is 1.80 bits per heavy atom. The monoisotopic (exact) mass is 213 g/mol. The number of hydrogen-bond donors (Lipinski definition) is 0. The van der Waals surface area contributed by atoms with Gasteiger partial charge in [-0.05, 0) is 18.2 Å². The Morgan fingerprint density at radius 1 is 1.07 bits per heavy atom. The molecule has 15 heavy (non-hydrogen) atoms. The molecule has 2 rings (SSSR count). The van der Waals surface area contributed by atoms with E-state index in [1.807, 2.05) is 12.1 Å². The number of nitrogens with zero attached hydrogens (tertiary/aromatic N) is 3. The van der Waals surface area contributed by atoms with Crippen molar-refractivity contribution < 1.29 is 0 Å². The van der Waals surface area contributed by atoms with Crippen molar-refractivity contribution in [1.82, 2.24) is 9.97 Å². The quantitative estimate of drug-likeness (QED) is 0.769. The van der Waals surface area contributed by atoms with Gasteiger partial charge in [-0.25, -0.2) is 0 Å². The number of pyridine rings is 2. The molecule has 3 nitrogen and oxygen atoms in total. The van der Waals surface area contributed by atoms with E-state index in [-0.39, 0.29) is 0 Å². The van der Waals surface area contributed by atoms with Crippen LogP contribution in [0.3, 0.4) is 0 Å². The van der Waals surface area contributed by atoms with Gasteiger partial charge < -0.3 is 0 Å². The predicted octanol–water partition coefficient (Wildman–Crippen LogP) is 2.50. The third-order valence-electron chi connectivity index (χ3n) is 1.78. The Labute approximate surface area is 91.8 Å². The fraction of sp³-hybridized carbons (Fsp3) is 0. The molecule has 0 aliphatic carbocycles. The highest BCUT2D eigenvalue weighted by Gasteiger charge is 2.02. The summed E-state index contributed by atoms with van der Waals surface area (Å²) in [4.78, 5) is 9.85. The second-order valence-corrected chi connectivity index (χ2v) is 3.88. The molecule has 0 fully saturated rings. The van der Waals surface area contributed by atoms with E-state index in [1.165, 1.54) is 11.8 Å². The highest BCUT2D eigenvalue weighted by Crippen LogP contribution is 2.28. The summed E-state index contributed by atoms with van der Waals surface area (Å²) in [6.45, 7) is 0. The van der Waals surface area contributed by atoms with Crippen LogP contribution in [0.25, 0.3) is 0 Å². The molecule has 0 amide bonds. The van der Waals surface area contributed by atoms with Crippen LogP contribution in [-0.2, 0) is 0 Å². The van der Waals surface area contributed by atoms with Crippen LogP contribution in [0, 0.1) is 11.3 Å². The molecule has 0 saturated heterocycles. The lowest BCUT2D eigenvalue weighted by atomic mass is 10.3. The van der Waals surface area contributed by atoms with E-state index in [4.69, 9.17) is 5.26 Å². The summed E-state index contributed by atoms with van der Waals surface area (Å²) in [5.74, 6) is 0. The molecule has 0 unspecified atom stereocenters. The highest BCUT2D eigenvalue weighted by atomic mass is 32.2. The van der Waals surface area contributed by atoms with Crippen molar-refractivity contribution in [3.05, 3.63) is 48.5 Å². The van der Waals surface area contributed by atoms with Crippen LogP contribution in [0.2, 0.25) is 0 Å². The fourth-order valence-electron chi connectivity index (χ4n) is 1.09. The Morgan fingerprint density at radius 3 is 2.53 bits per heavy atom. The topological polar surface area (TPSA) is 49.6 Å². The lowest BCUT2D eigenvalue weighted by Gasteiger charge is -2.01. The van der Waals surface area contributed by atoms with E-state index in [9.17, 15) is 0 Å². The number of hydrogen-bond acceptors (Lipinski definition) is 4. The zero-order chi connectivity index (χ0) is 10.5. The molecule has 2 aromatic rings. The van der Waals surface area contributed by atoms with Gasteiger partial charge in [0.25, 0.3) is 0 Å². The molecular weight excluding hydrogens is 206 g/mol. The molecule has 0 aliphatic rings. The summed E-state index contributed by atoms with van der Waals surface area (Å²) >= 11 is 1.51. The molecular formula is C11H7N3S. The summed E-state index contributed by atoms with van der Waals surface area (Å²) in [5, 5.41) is 8.89. The van der Waals surface area contributed by atoms with Crippen LogP contribution in [0.5, 0.6) is 0 Å². The zero-order valence-corrected chi connectivity index (χ0v) is 8.61. The first-order chi connectivity index (χ1) is 7.40. The summed E-state index contributed by atoms with van der Waals surface area (Å²) in [7, 11) is 0. The molecule has 0 atom stereocenters. The first kappa shape index (κ1) is 9.69. The maximum atomic E-state index is 8.89. The van der Waals surface area contributed by atoms with E-state index in [2.05, 4.69) is 16.0 Å². The smallest absolute Gasteiger partial charge is 0.100 e. The van der Waals surface area contributed by atoms with Gasteiger partial charge in [-0.3, -0.25) is 9.97 Å². The molecule has 2 heterocycles. The fourth-order valence-corrected chi connectivity index (χ4v) is 1.94. The van der Waals surface area contributed by atoms with E-state index in [1.54, 1.807) is 30.9 Å². The molecule has 2 aromatic heterocycles. The van der Waals surface area contributed by atoms with Gasteiger partial charge in [0.1, 0.15) is 6.07 Å². The van der Waals surface area contributed by atoms with Crippen LogP contribution >= 0.6 is 11.8 Å². The standard InChI is InChI=1S/C11H7N3S/c12-7-9-1-4-14-8-11(9)15-10-2-5-13-6-3-10/h1-6,8H. The first-order valence-corrected chi connectivity index (χ1v) is 5.14. The van der Waals surface area contributed by atoms with E-state index >= 15 is 0 Å². The molecule has 0 N–H and O–H groups in total. The zero-order valence-electron chi connectivity index (χ0n) is 7.79. The van der Waals surface area contributed by atoms with Gasteiger partial charge in [-0.15, -0.1) is 0 Å². The average molecular weight is 213 g/mol. The van der Waals surface area contributed by atoms with Crippen molar-refractivity contribution in [1.29, 1.82) is 5.26 Å². The molecule has 0 saturated carbocycles. The minimum absolute atomic E-state index is 0.645. The summed E-state index contributed by atoms with van der Waals surface area (Å²) in [6.07, 6.45) is 6.77. The van der Waals surface area contributed by atoms with Gasteiger partial charge >= 0.3 is 0 Å². The van der Waals surface area contributed by atoms with Gasteiger partial charge in [0.15, 0.2) is 0 Å². The summed E-state index contributed by atoms with van der Waals surface area (Å²) < 4.78 is 0. The molecule has 0 aliphatic heterocycles. The van der Waals surface area contributed by atoms with Crippen LogP contribution in [0.1, 0.15) is 5.56 Å². The van der Waals surface area contributed by atoms with Crippen molar-refractivity contribution in [3.8, 4) is 6.07 Å². The van der Waals surface area contributed by atoms with Crippen LogP contribution in [0.15, 0.2) is 52.8 Å². The van der Waals surface area contributed by atoms with Gasteiger partial charge in [0.05, 0.1) is 5.56 Å². The second kappa shape index (κ2) is 4.58. The summed E-state index contributed by atoms with van der Waals surface area (Å²) in [6, 6.07) is 7.65. The third-order valence-corrected chi connectivity index (χ3v) is 2.84. The number of rotatable bonds is 2. The van der Waals surface area contributed by atoms with Crippen LogP contribution in [0.4, 0.5) is 0 Å². The first-order valence-electron chi connectivity index (χ1n) is 4.32. The Bertz CT molecular complexity index is 491. The average Bonchev–Trinajstić information content (AvgIpc) is 2.31.